The summed E-state index contributed by atoms with van der Waals surface area (Å²) in [6.07, 6.45) is 0.221. The smallest absolute Gasteiger partial charge is 0.234 e. The van der Waals surface area contributed by atoms with Crippen LogP contribution in [0.15, 0.2) is 35.9 Å². The Morgan fingerprint density at radius 3 is 2.00 bits per heavy atom. The average molecular weight is 251 g/mol. The Morgan fingerprint density at radius 2 is 1.53 bits per heavy atom. The third kappa shape index (κ3) is 2.22. The third-order valence-electron chi connectivity index (χ3n) is 2.78. The number of carbonyl (C=O) groups is 2. The van der Waals surface area contributed by atoms with Gasteiger partial charge in [0.05, 0.1) is 5.70 Å². The molecule has 1 aromatic carbocycles. The van der Waals surface area contributed by atoms with E-state index in [1.54, 1.807) is 42.5 Å². The highest BCUT2D eigenvalue weighted by Gasteiger charge is 2.34. The summed E-state index contributed by atoms with van der Waals surface area (Å²) in [6.45, 7) is 0. The first-order valence-corrected chi connectivity index (χ1v) is 5.64. The fourth-order valence-corrected chi connectivity index (χ4v) is 1.94. The van der Waals surface area contributed by atoms with Gasteiger partial charge in [-0.3, -0.25) is 9.59 Å². The van der Waals surface area contributed by atoms with Crippen LogP contribution in [-0.4, -0.2) is 16.7 Å². The van der Waals surface area contributed by atoms with E-state index in [-0.39, 0.29) is 35.9 Å². The van der Waals surface area contributed by atoms with Crippen molar-refractivity contribution in [2.45, 2.75) is 12.8 Å². The van der Waals surface area contributed by atoms with E-state index in [4.69, 9.17) is 10.5 Å². The number of nitrogens with zero attached hydrogens (tertiary/aromatic N) is 3. The molecular formula is C14H9N3O2. The summed E-state index contributed by atoms with van der Waals surface area (Å²) in [5, 5.41) is 18.0. The molecule has 2 rings (SSSR count). The van der Waals surface area contributed by atoms with Gasteiger partial charge in [-0.25, -0.2) is 4.90 Å². The van der Waals surface area contributed by atoms with Crippen LogP contribution in [0.2, 0.25) is 0 Å². The Hall–Kier alpha value is -2.92. The molecule has 0 bridgehead atoms. The molecule has 1 aliphatic rings. The van der Waals surface area contributed by atoms with Crippen LogP contribution < -0.4 is 0 Å². The second-order valence-electron chi connectivity index (χ2n) is 3.94. The van der Waals surface area contributed by atoms with E-state index in [1.165, 1.54) is 0 Å². The number of allylic oxidation sites excluding steroid dienone is 1. The topological polar surface area (TPSA) is 85.0 Å². The van der Waals surface area contributed by atoms with Crippen molar-refractivity contribution in [3.63, 3.8) is 0 Å². The van der Waals surface area contributed by atoms with Gasteiger partial charge in [-0.1, -0.05) is 30.3 Å². The Labute approximate surface area is 110 Å². The van der Waals surface area contributed by atoms with Crippen molar-refractivity contribution in [2.75, 3.05) is 0 Å². The van der Waals surface area contributed by atoms with E-state index >= 15 is 0 Å². The van der Waals surface area contributed by atoms with Crippen LogP contribution in [0.5, 0.6) is 0 Å². The summed E-state index contributed by atoms with van der Waals surface area (Å²) in [5.41, 5.74) is 0.345. The molecule has 0 aliphatic carbocycles. The lowest BCUT2D eigenvalue weighted by atomic mass is 10.1. The summed E-state index contributed by atoms with van der Waals surface area (Å²) >= 11 is 0. The summed E-state index contributed by atoms with van der Waals surface area (Å²) in [5.74, 6) is -0.765. The number of hydrogen-bond donors (Lipinski definition) is 0. The number of likely N-dealkylation sites (tertiary alicyclic amines) is 1. The van der Waals surface area contributed by atoms with Gasteiger partial charge in [0.15, 0.2) is 5.57 Å². The molecular weight excluding hydrogens is 242 g/mol. The van der Waals surface area contributed by atoms with E-state index in [2.05, 4.69) is 0 Å². The molecule has 92 valence electrons. The van der Waals surface area contributed by atoms with Gasteiger partial charge in [-0.15, -0.1) is 0 Å². The minimum Gasteiger partial charge on any atom is -0.274 e. The van der Waals surface area contributed by atoms with E-state index in [0.29, 0.717) is 5.56 Å². The van der Waals surface area contributed by atoms with Crippen LogP contribution >= 0.6 is 0 Å². The SMILES string of the molecule is N#CC(C#N)=C(c1ccccc1)N1C(=O)CCC1=O. The van der Waals surface area contributed by atoms with Crippen molar-refractivity contribution in [2.24, 2.45) is 0 Å². The molecule has 0 radical (unpaired) electrons. The first-order valence-electron chi connectivity index (χ1n) is 5.64. The maximum Gasteiger partial charge on any atom is 0.234 e. The second kappa shape index (κ2) is 5.16. The van der Waals surface area contributed by atoms with Gasteiger partial charge in [0.1, 0.15) is 12.1 Å². The van der Waals surface area contributed by atoms with E-state index in [1.807, 2.05) is 0 Å². The largest absolute Gasteiger partial charge is 0.274 e. The van der Waals surface area contributed by atoms with Crippen molar-refractivity contribution in [1.29, 1.82) is 10.5 Å². The number of rotatable bonds is 2. The van der Waals surface area contributed by atoms with Crippen LogP contribution in [-0.2, 0) is 9.59 Å². The number of nitriles is 2. The number of carbonyl (C=O) groups excluding carboxylic acids is 2. The Kier molecular flexibility index (Phi) is 3.40. The van der Waals surface area contributed by atoms with Crippen LogP contribution in [0.25, 0.3) is 5.70 Å². The fourth-order valence-electron chi connectivity index (χ4n) is 1.94. The van der Waals surface area contributed by atoms with Crippen molar-refractivity contribution < 1.29 is 9.59 Å². The van der Waals surface area contributed by atoms with Crippen molar-refractivity contribution >= 4 is 17.5 Å². The zero-order valence-electron chi connectivity index (χ0n) is 9.96. The third-order valence-corrected chi connectivity index (χ3v) is 2.78. The van der Waals surface area contributed by atoms with Crippen molar-refractivity contribution in [3.8, 4) is 12.1 Å². The van der Waals surface area contributed by atoms with Crippen molar-refractivity contribution in [1.82, 2.24) is 4.90 Å². The van der Waals surface area contributed by atoms with Crippen LogP contribution in [0.3, 0.4) is 0 Å². The maximum atomic E-state index is 11.8. The molecule has 0 unspecified atom stereocenters. The van der Waals surface area contributed by atoms with Gasteiger partial charge in [-0.05, 0) is 0 Å². The predicted molar refractivity (Wildman–Crippen MR) is 65.7 cm³/mol. The molecule has 5 heteroatoms. The molecule has 2 amide bonds. The minimum absolute atomic E-state index is 0.0816. The van der Waals surface area contributed by atoms with Gasteiger partial charge in [0.2, 0.25) is 11.8 Å². The highest BCUT2D eigenvalue weighted by molar-refractivity contribution is 6.10. The summed E-state index contributed by atoms with van der Waals surface area (Å²) in [7, 11) is 0. The summed E-state index contributed by atoms with van der Waals surface area (Å²) < 4.78 is 0. The summed E-state index contributed by atoms with van der Waals surface area (Å²) in [6, 6.07) is 12.0. The molecule has 1 saturated heterocycles. The second-order valence-corrected chi connectivity index (χ2v) is 3.94. The lowest BCUT2D eigenvalue weighted by Crippen LogP contribution is -2.28. The van der Waals surface area contributed by atoms with Crippen LogP contribution in [0.1, 0.15) is 18.4 Å². The molecule has 19 heavy (non-hydrogen) atoms. The number of amides is 2. The van der Waals surface area contributed by atoms with Gasteiger partial charge >= 0.3 is 0 Å². The van der Waals surface area contributed by atoms with E-state index < -0.39 is 0 Å². The molecule has 1 heterocycles. The molecule has 1 aromatic rings. The zero-order chi connectivity index (χ0) is 13.8. The molecule has 5 nitrogen and oxygen atoms in total. The number of hydrogen-bond acceptors (Lipinski definition) is 4. The van der Waals surface area contributed by atoms with Gasteiger partial charge in [-0.2, -0.15) is 10.5 Å². The van der Waals surface area contributed by atoms with E-state index in [9.17, 15) is 9.59 Å². The fraction of sp³-hybridized carbons (Fsp3) is 0.143. The average Bonchev–Trinajstić information content (AvgIpc) is 2.77. The first kappa shape index (κ1) is 12.5. The number of benzene rings is 1. The highest BCUT2D eigenvalue weighted by Crippen LogP contribution is 2.28. The minimum atomic E-state index is -0.383. The summed E-state index contributed by atoms with van der Waals surface area (Å²) in [4.78, 5) is 24.5. The lowest BCUT2D eigenvalue weighted by molar-refractivity contribution is -0.134. The molecule has 0 N–H and O–H groups in total. The zero-order valence-corrected chi connectivity index (χ0v) is 9.96. The van der Waals surface area contributed by atoms with Gasteiger partial charge < -0.3 is 0 Å². The molecule has 0 saturated carbocycles. The monoisotopic (exact) mass is 251 g/mol. The molecule has 1 fully saturated rings. The highest BCUT2D eigenvalue weighted by atomic mass is 16.2. The van der Waals surface area contributed by atoms with Crippen LogP contribution in [0.4, 0.5) is 0 Å². The lowest BCUT2D eigenvalue weighted by Gasteiger charge is -2.18. The molecule has 0 aromatic heterocycles. The predicted octanol–water partition coefficient (Wildman–Crippen LogP) is 1.59. The van der Waals surface area contributed by atoms with Gasteiger partial charge in [0, 0.05) is 18.4 Å². The quantitative estimate of drug-likeness (QED) is 0.590. The number of imide groups is 1. The molecule has 0 spiro atoms. The Balaban J connectivity index is 2.65. The normalized spacial score (nSPS) is 13.9. The Bertz CT molecular complexity index is 616. The molecule has 1 aliphatic heterocycles. The van der Waals surface area contributed by atoms with E-state index in [0.717, 1.165) is 4.90 Å². The van der Waals surface area contributed by atoms with Crippen LogP contribution in [0, 0.1) is 22.7 Å². The molecule has 0 atom stereocenters. The van der Waals surface area contributed by atoms with Gasteiger partial charge in [0.25, 0.3) is 0 Å². The standard InChI is InChI=1S/C14H9N3O2/c15-8-11(9-16)14(10-4-2-1-3-5-10)17-12(18)6-7-13(17)19/h1-5H,6-7H2. The Morgan fingerprint density at radius 1 is 1.00 bits per heavy atom. The van der Waals surface area contributed by atoms with Crippen molar-refractivity contribution in [3.05, 3.63) is 41.5 Å². The first-order chi connectivity index (χ1) is 9.19. The maximum absolute atomic E-state index is 11.8.